The van der Waals surface area contributed by atoms with Crippen LogP contribution in [0.1, 0.15) is 6.92 Å². The van der Waals surface area contributed by atoms with Crippen molar-refractivity contribution in [1.29, 1.82) is 0 Å². The molecule has 3 rings (SSSR count). The maximum absolute atomic E-state index is 5.75. The van der Waals surface area contributed by atoms with Gasteiger partial charge < -0.3 is 16.0 Å². The maximum atomic E-state index is 5.75. The minimum Gasteiger partial charge on any atom is -0.368 e. The molecule has 0 aromatic carbocycles. The molecule has 8 heteroatoms. The number of nitrogen functional groups attached to an aromatic ring is 1. The van der Waals surface area contributed by atoms with Gasteiger partial charge in [-0.2, -0.15) is 4.98 Å². The number of aromatic nitrogens is 3. The Hall–Kier alpha value is -1.18. The van der Waals surface area contributed by atoms with E-state index < -0.39 is 0 Å². The van der Waals surface area contributed by atoms with Crippen molar-refractivity contribution in [3.05, 3.63) is 5.51 Å². The summed E-state index contributed by atoms with van der Waals surface area (Å²) in [5.41, 5.74) is 8.40. The van der Waals surface area contributed by atoms with E-state index >= 15 is 0 Å². The fraction of sp³-hybridized carbons (Fsp3) is 0.500. The molecule has 0 radical (unpaired) electrons. The fourth-order valence-corrected chi connectivity index (χ4v) is 2.78. The molecule has 6 nitrogen and oxygen atoms in total. The number of hydrogen-bond acceptors (Lipinski definition) is 7. The van der Waals surface area contributed by atoms with Crippen molar-refractivity contribution in [2.24, 2.45) is 0 Å². The molecule has 3 N–H and O–H groups in total. The Balaban J connectivity index is 0.00000120. The average Bonchev–Trinajstić information content (AvgIpc) is 2.76. The summed E-state index contributed by atoms with van der Waals surface area (Å²) < 4.78 is 0. The number of piperazine rings is 1. The Morgan fingerprint density at radius 1 is 1.50 bits per heavy atom. The molecule has 0 unspecified atom stereocenters. The third-order valence-electron chi connectivity index (χ3n) is 2.97. The standard InChI is InChI=1S/C10H14N6S.ClH/c1-6-4-12-2-3-16(6)8-7-9(17-5-13-7)15-10(11)14-8;/h5-6,12H,2-4H2,1H3,(H2,11,14,15);1H/t6-;/m0./s1. The van der Waals surface area contributed by atoms with E-state index in [0.717, 1.165) is 35.8 Å². The normalized spacial score (nSPS) is 19.8. The molecule has 0 saturated carbocycles. The lowest BCUT2D eigenvalue weighted by atomic mass is 10.2. The van der Waals surface area contributed by atoms with E-state index in [0.29, 0.717) is 12.0 Å². The second-order valence-electron chi connectivity index (χ2n) is 4.16. The predicted octanol–water partition coefficient (Wildman–Crippen LogP) is 0.888. The second kappa shape index (κ2) is 5.21. The molecule has 2 aromatic rings. The van der Waals surface area contributed by atoms with Gasteiger partial charge in [-0.15, -0.1) is 23.7 Å². The minimum atomic E-state index is 0. The van der Waals surface area contributed by atoms with E-state index in [1.54, 1.807) is 5.51 Å². The first-order valence-electron chi connectivity index (χ1n) is 5.60. The summed E-state index contributed by atoms with van der Waals surface area (Å²) in [5, 5.41) is 3.36. The molecule has 1 aliphatic heterocycles. The zero-order valence-corrected chi connectivity index (χ0v) is 11.6. The van der Waals surface area contributed by atoms with Crippen LogP contribution in [0, 0.1) is 0 Å². The highest BCUT2D eigenvalue weighted by Crippen LogP contribution is 2.27. The van der Waals surface area contributed by atoms with E-state index in [9.17, 15) is 0 Å². The number of halogens is 1. The van der Waals surface area contributed by atoms with Crippen LogP contribution < -0.4 is 16.0 Å². The van der Waals surface area contributed by atoms with Crippen molar-refractivity contribution in [2.45, 2.75) is 13.0 Å². The highest BCUT2D eigenvalue weighted by Gasteiger charge is 2.23. The van der Waals surface area contributed by atoms with Crippen molar-refractivity contribution in [2.75, 3.05) is 30.3 Å². The molecular weight excluding hydrogens is 272 g/mol. The molecule has 1 fully saturated rings. The van der Waals surface area contributed by atoms with E-state index in [-0.39, 0.29) is 12.4 Å². The number of fused-ring (bicyclic) bond motifs is 1. The predicted molar refractivity (Wildman–Crippen MR) is 76.5 cm³/mol. The summed E-state index contributed by atoms with van der Waals surface area (Å²) in [6.07, 6.45) is 0. The number of anilines is 2. The first-order chi connectivity index (χ1) is 8.25. The van der Waals surface area contributed by atoms with E-state index in [4.69, 9.17) is 5.73 Å². The highest BCUT2D eigenvalue weighted by atomic mass is 35.5. The van der Waals surface area contributed by atoms with Crippen molar-refractivity contribution in [3.8, 4) is 0 Å². The van der Waals surface area contributed by atoms with Crippen LogP contribution >= 0.6 is 23.7 Å². The zero-order chi connectivity index (χ0) is 11.8. The molecule has 3 heterocycles. The van der Waals surface area contributed by atoms with Crippen LogP contribution in [0.2, 0.25) is 0 Å². The Kier molecular flexibility index (Phi) is 3.84. The van der Waals surface area contributed by atoms with Crippen molar-refractivity contribution in [3.63, 3.8) is 0 Å². The molecule has 0 spiro atoms. The molecule has 0 amide bonds. The molecule has 0 bridgehead atoms. The summed E-state index contributed by atoms with van der Waals surface area (Å²) in [6, 6.07) is 0.392. The Morgan fingerprint density at radius 3 is 3.11 bits per heavy atom. The number of hydrogen-bond donors (Lipinski definition) is 2. The summed E-state index contributed by atoms with van der Waals surface area (Å²) in [5.74, 6) is 1.19. The van der Waals surface area contributed by atoms with Gasteiger partial charge in [-0.05, 0) is 6.92 Å². The van der Waals surface area contributed by atoms with Gasteiger partial charge in [0.25, 0.3) is 0 Å². The number of nitrogens with one attached hydrogen (secondary N) is 1. The van der Waals surface area contributed by atoms with Crippen molar-refractivity contribution < 1.29 is 0 Å². The largest absolute Gasteiger partial charge is 0.368 e. The van der Waals surface area contributed by atoms with Gasteiger partial charge in [-0.1, -0.05) is 0 Å². The molecule has 18 heavy (non-hydrogen) atoms. The zero-order valence-electron chi connectivity index (χ0n) is 9.96. The van der Waals surface area contributed by atoms with Crippen molar-refractivity contribution >= 4 is 45.9 Å². The van der Waals surface area contributed by atoms with Gasteiger partial charge in [0.2, 0.25) is 5.95 Å². The lowest BCUT2D eigenvalue weighted by Crippen LogP contribution is -2.50. The van der Waals surface area contributed by atoms with Gasteiger partial charge in [0.15, 0.2) is 10.6 Å². The lowest BCUT2D eigenvalue weighted by Gasteiger charge is -2.34. The monoisotopic (exact) mass is 286 g/mol. The van der Waals surface area contributed by atoms with Crippen LogP contribution in [0.3, 0.4) is 0 Å². The molecule has 1 aliphatic rings. The van der Waals surface area contributed by atoms with Crippen LogP contribution in [-0.4, -0.2) is 40.6 Å². The quantitative estimate of drug-likeness (QED) is 0.810. The average molecular weight is 287 g/mol. The van der Waals surface area contributed by atoms with Crippen LogP contribution in [0.4, 0.5) is 11.8 Å². The Labute approximate surface area is 115 Å². The SMILES string of the molecule is C[C@H]1CNCCN1c1nc(N)nc2scnc12.Cl. The summed E-state index contributed by atoms with van der Waals surface area (Å²) in [7, 11) is 0. The number of nitrogens with zero attached hydrogens (tertiary/aromatic N) is 4. The van der Waals surface area contributed by atoms with Gasteiger partial charge in [-0.3, -0.25) is 0 Å². The second-order valence-corrected chi connectivity index (χ2v) is 4.99. The molecule has 2 aromatic heterocycles. The Morgan fingerprint density at radius 2 is 2.33 bits per heavy atom. The van der Waals surface area contributed by atoms with E-state index in [2.05, 4.69) is 32.1 Å². The highest BCUT2D eigenvalue weighted by molar-refractivity contribution is 7.16. The van der Waals surface area contributed by atoms with E-state index in [1.165, 1.54) is 11.3 Å². The van der Waals surface area contributed by atoms with Crippen molar-refractivity contribution in [1.82, 2.24) is 20.3 Å². The Bertz CT molecular complexity index is 544. The smallest absolute Gasteiger partial charge is 0.223 e. The summed E-state index contributed by atoms with van der Waals surface area (Å²) in [4.78, 5) is 16.0. The van der Waals surface area contributed by atoms with Gasteiger partial charge in [-0.25, -0.2) is 9.97 Å². The van der Waals surface area contributed by atoms with Crippen LogP contribution in [0.15, 0.2) is 5.51 Å². The minimum absolute atomic E-state index is 0. The first-order valence-corrected chi connectivity index (χ1v) is 6.48. The summed E-state index contributed by atoms with van der Waals surface area (Å²) >= 11 is 1.50. The fourth-order valence-electron chi connectivity index (χ4n) is 2.12. The van der Waals surface area contributed by atoms with Crippen LogP contribution in [-0.2, 0) is 0 Å². The lowest BCUT2D eigenvalue weighted by molar-refractivity contribution is 0.498. The third-order valence-corrected chi connectivity index (χ3v) is 3.69. The number of thiazole rings is 1. The molecule has 0 aliphatic carbocycles. The first kappa shape index (κ1) is 13.3. The van der Waals surface area contributed by atoms with Gasteiger partial charge >= 0.3 is 0 Å². The molecular formula is C10H15ClN6S. The molecule has 98 valence electrons. The van der Waals surface area contributed by atoms with Gasteiger partial charge in [0, 0.05) is 25.7 Å². The topological polar surface area (TPSA) is 80.0 Å². The van der Waals surface area contributed by atoms with Gasteiger partial charge in [0.05, 0.1) is 5.51 Å². The number of nitrogens with two attached hydrogens (primary N) is 1. The van der Waals surface area contributed by atoms with Crippen LogP contribution in [0.5, 0.6) is 0 Å². The summed E-state index contributed by atoms with van der Waals surface area (Å²) in [6.45, 7) is 5.00. The van der Waals surface area contributed by atoms with E-state index in [1.807, 2.05) is 0 Å². The number of rotatable bonds is 1. The molecule has 1 atom stereocenters. The third kappa shape index (κ3) is 2.21. The van der Waals surface area contributed by atoms with Gasteiger partial charge in [0.1, 0.15) is 5.52 Å². The maximum Gasteiger partial charge on any atom is 0.223 e. The molecule has 1 saturated heterocycles. The van der Waals surface area contributed by atoms with Crippen LogP contribution in [0.25, 0.3) is 10.3 Å².